The van der Waals surface area contributed by atoms with Crippen LogP contribution in [0.4, 0.5) is 0 Å². The van der Waals surface area contributed by atoms with E-state index in [4.69, 9.17) is 66.3 Å². The Morgan fingerprint density at radius 1 is 0.294 bits per heavy atom. The van der Waals surface area contributed by atoms with Gasteiger partial charge in [0.15, 0.2) is 46.0 Å². The van der Waals surface area contributed by atoms with Gasteiger partial charge >= 0.3 is 0 Å². The Morgan fingerprint density at radius 2 is 0.690 bits per heavy atom. The van der Waals surface area contributed by atoms with E-state index in [9.17, 15) is 5.11 Å². The summed E-state index contributed by atoms with van der Waals surface area (Å²) < 4.78 is 77.5. The number of aryl methyl sites for hydroxylation is 4. The zero-order chi connectivity index (χ0) is 88.2. The SMILES string of the molecule is COc1cc2c(c(OC)c1)CN1CCc3cc(OC)c(OC)cc3[C@@H]1C2.COc1cc2c(cc1OC)[C@@H]1Cc3cc(C)cc(C)c3CN1[C@@H](C)C2.COc1cc2c(cc1OC)[C@@H]1Cc3cc(C)cc(C)c3CN1[C@H](C)C2.COc1ccc2c(c1)C[C@H](C)N1Cc3c(OC)cc(OC)c(CO)c3C[C@@H]21.COc1ccc2c(c1)C[C@H]1c3cc4c(cc3CCN1C2)OCO4. The van der Waals surface area contributed by atoms with Crippen LogP contribution in [0.2, 0.25) is 0 Å². The Labute approximate surface area is 744 Å². The van der Waals surface area contributed by atoms with Gasteiger partial charge < -0.3 is 71.4 Å². The largest absolute Gasteiger partial charge is 0.497 e. The molecule has 20 heteroatoms. The zero-order valence-corrected chi connectivity index (χ0v) is 77.1. The van der Waals surface area contributed by atoms with Gasteiger partial charge in [0.1, 0.15) is 34.5 Å². The Kier molecular flexibility index (Phi) is 25.5. The van der Waals surface area contributed by atoms with Crippen LogP contribution in [-0.2, 0) is 104 Å². The minimum absolute atomic E-state index is 0.0345. The van der Waals surface area contributed by atoms with Gasteiger partial charge in [0, 0.05) is 123 Å². The third-order valence-electron chi connectivity index (χ3n) is 28.9. The predicted molar refractivity (Wildman–Crippen MR) is 491 cm³/mol. The monoisotopic (exact) mass is 1710 g/mol. The van der Waals surface area contributed by atoms with E-state index in [1.54, 1.807) is 85.3 Å². The number of benzene rings is 10. The fourth-order valence-electron chi connectivity index (χ4n) is 22.5. The van der Waals surface area contributed by atoms with Crippen molar-refractivity contribution < 1.29 is 71.4 Å². The molecule has 126 heavy (non-hydrogen) atoms. The molecule has 11 aliphatic rings. The molecule has 0 unspecified atom stereocenters. The van der Waals surface area contributed by atoms with Crippen molar-refractivity contribution in [3.63, 3.8) is 0 Å². The van der Waals surface area contributed by atoms with Gasteiger partial charge in [0.25, 0.3) is 0 Å². The van der Waals surface area contributed by atoms with E-state index in [1.165, 1.54) is 128 Å². The van der Waals surface area contributed by atoms with Crippen LogP contribution in [0, 0.1) is 27.7 Å². The first-order valence-electron chi connectivity index (χ1n) is 44.7. The maximum atomic E-state index is 10.0. The summed E-state index contributed by atoms with van der Waals surface area (Å²) in [7, 11) is 20.4. The molecule has 0 saturated heterocycles. The van der Waals surface area contributed by atoms with Crippen LogP contribution >= 0.6 is 0 Å². The van der Waals surface area contributed by atoms with E-state index in [0.29, 0.717) is 54.8 Å². The fourth-order valence-corrected chi connectivity index (χ4v) is 22.5. The molecular weight excluding hydrogens is 1580 g/mol. The van der Waals surface area contributed by atoms with Gasteiger partial charge in [0.2, 0.25) is 6.79 Å². The molecule has 0 aromatic heterocycles. The molecule has 11 aliphatic heterocycles. The summed E-state index contributed by atoms with van der Waals surface area (Å²) in [4.78, 5) is 13.0. The van der Waals surface area contributed by atoms with Crippen molar-refractivity contribution in [2.24, 2.45) is 0 Å². The van der Waals surface area contributed by atoms with E-state index in [2.05, 4.69) is 182 Å². The van der Waals surface area contributed by atoms with E-state index in [0.717, 1.165) is 196 Å². The standard InChI is InChI=1S/C22H27NO4.2C22H27NO2.C21H25NO4.C19H19NO3/c1-13-7-14-8-15(25-2)5-6-16(14)20-9-17-18(11-23(13)20)21(26-3)10-22(27-4)19(17)12-24;2*1-13-6-14(2)19-12-23-15(3)8-17-10-21(24-4)22(25-5)11-18(17)20(23)9-16(19)7-13;1-23-15-7-14-8-18-16-11-21(26-4)20(25-3)9-13(16)5-6-22(18)12-17(14)19(10-15)24-2;1-21-15-3-2-13-10-20-5-4-12-8-18-19(23-11-22-18)9-16(12)17(20)7-14(13)6-15/h5-6,8,10,13,20,24H,7,9,11-12H2,1-4H3;2*6-7,10-11,15,20H,8-9,12H2,1-5H3;7,9-11,18H,5-6,8,12H2,1-4H3;2-3,6,8-9,17H,4-5,7,10-11H2,1H3/t13-,20-;15-,20+;15-,20-;18-;17-/m01000/s1. The number of hydrogen-bond acceptors (Lipinski definition) is 20. The lowest BCUT2D eigenvalue weighted by atomic mass is 9.80. The maximum absolute atomic E-state index is 10.0. The number of aliphatic hydroxyl groups excluding tert-OH is 1. The van der Waals surface area contributed by atoms with Crippen molar-refractivity contribution in [1.82, 2.24) is 24.5 Å². The summed E-state index contributed by atoms with van der Waals surface area (Å²) in [6.45, 7) is 23.1. The predicted octanol–water partition coefficient (Wildman–Crippen LogP) is 18.4. The third-order valence-corrected chi connectivity index (χ3v) is 28.9. The summed E-state index contributed by atoms with van der Waals surface area (Å²) in [6, 6.07) is 49.0. The number of ether oxygens (including phenoxy) is 14. The van der Waals surface area contributed by atoms with Gasteiger partial charge in [-0.25, -0.2) is 0 Å². The Morgan fingerprint density at radius 3 is 1.20 bits per heavy atom. The number of methoxy groups -OCH3 is 12. The smallest absolute Gasteiger partial charge is 0.231 e. The first-order chi connectivity index (χ1) is 61.1. The topological polar surface area (TPSA) is 166 Å². The second-order valence-corrected chi connectivity index (χ2v) is 35.8. The zero-order valence-electron chi connectivity index (χ0n) is 77.1. The minimum Gasteiger partial charge on any atom is -0.497 e. The lowest BCUT2D eigenvalue weighted by Gasteiger charge is -2.46. The third kappa shape index (κ3) is 16.6. The average molecular weight is 1710 g/mol. The molecule has 20 nitrogen and oxygen atoms in total. The molecule has 0 spiro atoms. The molecule has 10 aromatic carbocycles. The number of aliphatic hydroxyl groups is 1. The highest BCUT2D eigenvalue weighted by Gasteiger charge is 2.43. The first kappa shape index (κ1) is 87.2. The molecular formula is C106H125N5O15. The van der Waals surface area contributed by atoms with Crippen molar-refractivity contribution in [3.8, 4) is 80.5 Å². The van der Waals surface area contributed by atoms with Crippen LogP contribution in [0.1, 0.15) is 190 Å². The maximum Gasteiger partial charge on any atom is 0.231 e. The number of rotatable bonds is 13. The van der Waals surface area contributed by atoms with Gasteiger partial charge in [-0.1, -0.05) is 47.5 Å². The second-order valence-electron chi connectivity index (χ2n) is 35.8. The van der Waals surface area contributed by atoms with Crippen LogP contribution in [0.15, 0.2) is 127 Å². The molecule has 21 rings (SSSR count). The molecule has 0 radical (unpaired) electrons. The lowest BCUT2D eigenvalue weighted by Crippen LogP contribution is -2.45. The van der Waals surface area contributed by atoms with Crippen LogP contribution in [0.3, 0.4) is 0 Å². The van der Waals surface area contributed by atoms with E-state index in [1.807, 2.05) is 18.2 Å². The van der Waals surface area contributed by atoms with Crippen LogP contribution in [0.5, 0.6) is 80.5 Å². The van der Waals surface area contributed by atoms with Crippen molar-refractivity contribution in [3.05, 3.63) is 266 Å². The number of nitrogens with zero attached hydrogens (tertiary/aromatic N) is 5. The van der Waals surface area contributed by atoms with Crippen LogP contribution < -0.4 is 66.3 Å². The summed E-state index contributed by atoms with van der Waals surface area (Å²) in [5.41, 5.74) is 34.0. The highest BCUT2D eigenvalue weighted by Crippen LogP contribution is 2.53. The van der Waals surface area contributed by atoms with Gasteiger partial charge in [0.05, 0.1) is 91.9 Å². The molecule has 11 heterocycles. The average Bonchev–Trinajstić information content (AvgIpc) is 0.881. The highest BCUT2D eigenvalue weighted by molar-refractivity contribution is 5.60. The minimum atomic E-state index is -0.0345. The number of fused-ring (bicyclic) bond motifs is 21. The summed E-state index contributed by atoms with van der Waals surface area (Å²) in [6.07, 6.45) is 10.2. The Bertz CT molecular complexity index is 5610. The molecule has 0 fully saturated rings. The number of hydrogen-bond donors (Lipinski definition) is 1. The first-order valence-corrected chi connectivity index (χ1v) is 44.7. The summed E-state index contributed by atoms with van der Waals surface area (Å²) in [5, 5.41) is 10.0. The van der Waals surface area contributed by atoms with Gasteiger partial charge in [-0.05, 0) is 303 Å². The van der Waals surface area contributed by atoms with Crippen LogP contribution in [0.25, 0.3) is 0 Å². The van der Waals surface area contributed by atoms with Crippen molar-refractivity contribution in [2.45, 2.75) is 200 Å². The van der Waals surface area contributed by atoms with Crippen molar-refractivity contribution in [1.29, 1.82) is 0 Å². The van der Waals surface area contributed by atoms with E-state index in [-0.39, 0.29) is 12.6 Å². The van der Waals surface area contributed by atoms with Gasteiger partial charge in [-0.3, -0.25) is 24.5 Å². The normalized spacial score (nSPS) is 20.9. The molecule has 0 saturated carbocycles. The molecule has 10 aromatic rings. The van der Waals surface area contributed by atoms with Crippen molar-refractivity contribution >= 4 is 0 Å². The molecule has 8 atom stereocenters. The Hall–Kier alpha value is -10.8. The lowest BCUT2D eigenvalue weighted by molar-refractivity contribution is 0.103. The molecule has 0 amide bonds. The molecule has 0 bridgehead atoms. The van der Waals surface area contributed by atoms with Gasteiger partial charge in [-0.15, -0.1) is 0 Å². The van der Waals surface area contributed by atoms with Gasteiger partial charge in [-0.2, -0.15) is 0 Å². The highest BCUT2D eigenvalue weighted by atomic mass is 16.7. The van der Waals surface area contributed by atoms with E-state index >= 15 is 0 Å². The van der Waals surface area contributed by atoms with E-state index < -0.39 is 0 Å². The molecule has 1 N–H and O–H groups in total. The second kappa shape index (κ2) is 36.9. The summed E-state index contributed by atoms with van der Waals surface area (Å²) in [5.74, 6) is 11.9. The van der Waals surface area contributed by atoms with Crippen molar-refractivity contribution in [2.75, 3.05) is 105 Å². The molecule has 0 aliphatic carbocycles. The van der Waals surface area contributed by atoms with Crippen LogP contribution in [-0.4, -0.2) is 153 Å². The fraction of sp³-hybridized carbons (Fsp3) is 0.434. The quantitative estimate of drug-likeness (QED) is 0.116. The Balaban J connectivity index is 0.000000111. The molecule has 664 valence electrons. The summed E-state index contributed by atoms with van der Waals surface area (Å²) >= 11 is 0.